The Labute approximate surface area is 169 Å². The minimum absolute atomic E-state index is 0.423. The first-order valence-corrected chi connectivity index (χ1v) is 10.7. The third-order valence-corrected chi connectivity index (χ3v) is 6.61. The van der Waals surface area contributed by atoms with E-state index in [1.807, 2.05) is 6.07 Å². The van der Waals surface area contributed by atoms with E-state index in [-0.39, 0.29) is 0 Å². The molecule has 0 amide bonds. The van der Waals surface area contributed by atoms with Crippen LogP contribution in [0.1, 0.15) is 5.82 Å². The molecule has 146 valence electrons. The molecule has 6 nitrogen and oxygen atoms in total. The van der Waals surface area contributed by atoms with Crippen molar-refractivity contribution in [3.05, 3.63) is 41.5 Å². The fourth-order valence-electron chi connectivity index (χ4n) is 4.27. The van der Waals surface area contributed by atoms with Gasteiger partial charge in [-0.3, -0.25) is 9.80 Å². The van der Waals surface area contributed by atoms with E-state index < -0.39 is 0 Å². The zero-order chi connectivity index (χ0) is 18.9. The van der Waals surface area contributed by atoms with E-state index in [0.717, 1.165) is 34.9 Å². The maximum atomic E-state index is 5.29. The highest BCUT2D eigenvalue weighted by molar-refractivity contribution is 7.17. The second kappa shape index (κ2) is 7.75. The van der Waals surface area contributed by atoms with Crippen LogP contribution in [0.4, 0.5) is 5.82 Å². The maximum absolute atomic E-state index is 5.29. The molecule has 7 heteroatoms. The first kappa shape index (κ1) is 18.0. The largest absolute Gasteiger partial charge is 0.377 e. The molecule has 0 radical (unpaired) electrons. The van der Waals surface area contributed by atoms with Gasteiger partial charge in [0, 0.05) is 63.4 Å². The van der Waals surface area contributed by atoms with Gasteiger partial charge in [0.1, 0.15) is 17.3 Å². The highest BCUT2D eigenvalue weighted by Gasteiger charge is 2.31. The zero-order valence-electron chi connectivity index (χ0n) is 16.1. The number of rotatable bonds is 6. The molecular weight excluding hydrogens is 370 g/mol. The number of hydrogen-bond donors (Lipinski definition) is 1. The number of anilines is 1. The summed E-state index contributed by atoms with van der Waals surface area (Å²) in [6.45, 7) is 7.22. The monoisotopic (exact) mass is 395 g/mol. The molecule has 3 aromatic rings. The second-order valence-corrected chi connectivity index (χ2v) is 8.35. The van der Waals surface area contributed by atoms with Gasteiger partial charge < -0.3 is 10.1 Å². The van der Waals surface area contributed by atoms with Gasteiger partial charge in [-0.05, 0) is 5.56 Å². The molecule has 3 fully saturated rings. The normalized spacial score (nSPS) is 24.0. The fourth-order valence-corrected chi connectivity index (χ4v) is 5.24. The number of fused-ring (bicyclic) bond motifs is 4. The molecule has 2 bridgehead atoms. The molecule has 6 rings (SSSR count). The summed E-state index contributed by atoms with van der Waals surface area (Å²) in [5.41, 5.74) is 2.40. The lowest BCUT2D eigenvalue weighted by Crippen LogP contribution is -2.62. The van der Waals surface area contributed by atoms with Gasteiger partial charge in [0.2, 0.25) is 0 Å². The van der Waals surface area contributed by atoms with Gasteiger partial charge in [-0.25, -0.2) is 9.97 Å². The van der Waals surface area contributed by atoms with E-state index in [0.29, 0.717) is 12.6 Å². The highest BCUT2D eigenvalue weighted by Crippen LogP contribution is 2.37. The van der Waals surface area contributed by atoms with Crippen LogP contribution < -0.4 is 5.32 Å². The standard InChI is InChI=1S/C21H25N5OS/c1-27-13-18-23-20(22-11-16-12-25-7-9-26(16)10-8-25)19-17(14-28-21(19)24-18)15-5-3-2-4-6-15/h2-6,14,16H,7-13H2,1H3,(H,22,23,24). The summed E-state index contributed by atoms with van der Waals surface area (Å²) in [5, 5.41) is 6.98. The maximum Gasteiger partial charge on any atom is 0.158 e. The van der Waals surface area contributed by atoms with Gasteiger partial charge in [0.25, 0.3) is 0 Å². The lowest BCUT2D eigenvalue weighted by molar-refractivity contribution is 0.0189. The van der Waals surface area contributed by atoms with Crippen molar-refractivity contribution in [2.24, 2.45) is 0 Å². The van der Waals surface area contributed by atoms with Gasteiger partial charge in [0.05, 0.1) is 5.39 Å². The van der Waals surface area contributed by atoms with E-state index in [9.17, 15) is 0 Å². The molecule has 3 saturated heterocycles. The Kier molecular flexibility index (Phi) is 4.98. The number of nitrogens with one attached hydrogen (secondary N) is 1. The molecule has 0 spiro atoms. The summed E-state index contributed by atoms with van der Waals surface area (Å²) in [5.74, 6) is 1.66. The van der Waals surface area contributed by atoms with Crippen molar-refractivity contribution in [2.45, 2.75) is 12.6 Å². The molecule has 1 unspecified atom stereocenters. The van der Waals surface area contributed by atoms with Crippen molar-refractivity contribution in [2.75, 3.05) is 51.7 Å². The number of nitrogens with zero attached hydrogens (tertiary/aromatic N) is 4. The quantitative estimate of drug-likeness (QED) is 0.693. The molecule has 3 aliphatic rings. The minimum atomic E-state index is 0.423. The Morgan fingerprint density at radius 1 is 1.14 bits per heavy atom. The van der Waals surface area contributed by atoms with Gasteiger partial charge in [0.15, 0.2) is 5.82 Å². The third kappa shape index (κ3) is 3.39. The van der Waals surface area contributed by atoms with Crippen LogP contribution in [0.5, 0.6) is 0 Å². The first-order valence-electron chi connectivity index (χ1n) is 9.84. The molecule has 0 aliphatic carbocycles. The van der Waals surface area contributed by atoms with Crippen LogP contribution >= 0.6 is 11.3 Å². The van der Waals surface area contributed by atoms with E-state index in [2.05, 4.69) is 44.8 Å². The van der Waals surface area contributed by atoms with Crippen LogP contribution in [0, 0.1) is 0 Å². The third-order valence-electron chi connectivity index (χ3n) is 5.74. The minimum Gasteiger partial charge on any atom is -0.377 e. The molecule has 0 saturated carbocycles. The number of benzene rings is 1. The number of hydrogen-bond acceptors (Lipinski definition) is 7. The Balaban J connectivity index is 1.49. The van der Waals surface area contributed by atoms with Crippen molar-refractivity contribution >= 4 is 27.4 Å². The smallest absolute Gasteiger partial charge is 0.158 e. The van der Waals surface area contributed by atoms with Gasteiger partial charge in [-0.15, -0.1) is 11.3 Å². The molecule has 1 N–H and O–H groups in total. The average molecular weight is 396 g/mol. The number of thiophene rings is 1. The van der Waals surface area contributed by atoms with E-state index >= 15 is 0 Å². The molecular formula is C21H25N5OS. The molecule has 1 atom stereocenters. The lowest BCUT2D eigenvalue weighted by Gasteiger charge is -2.47. The average Bonchev–Trinajstić information content (AvgIpc) is 3.18. The Hall–Kier alpha value is -2.06. The van der Waals surface area contributed by atoms with Crippen molar-refractivity contribution in [3.8, 4) is 11.1 Å². The van der Waals surface area contributed by atoms with Crippen LogP contribution in [0.15, 0.2) is 35.7 Å². The van der Waals surface area contributed by atoms with Gasteiger partial charge in [-0.1, -0.05) is 30.3 Å². The summed E-state index contributed by atoms with van der Waals surface area (Å²) >= 11 is 1.67. The summed E-state index contributed by atoms with van der Waals surface area (Å²) in [6, 6.07) is 11.0. The molecule has 2 aromatic heterocycles. The van der Waals surface area contributed by atoms with E-state index in [4.69, 9.17) is 14.7 Å². The summed E-state index contributed by atoms with van der Waals surface area (Å²) in [6.07, 6.45) is 0. The predicted molar refractivity (Wildman–Crippen MR) is 114 cm³/mol. The second-order valence-electron chi connectivity index (χ2n) is 7.49. The number of aromatic nitrogens is 2. The number of ether oxygens (including phenoxy) is 1. The van der Waals surface area contributed by atoms with Gasteiger partial charge in [-0.2, -0.15) is 0 Å². The Bertz CT molecular complexity index is 952. The van der Waals surface area contributed by atoms with E-state index in [1.54, 1.807) is 18.4 Å². The van der Waals surface area contributed by atoms with Crippen LogP contribution in [0.3, 0.4) is 0 Å². The number of piperazine rings is 3. The Morgan fingerprint density at radius 3 is 2.68 bits per heavy atom. The molecule has 1 aromatic carbocycles. The van der Waals surface area contributed by atoms with Gasteiger partial charge >= 0.3 is 0 Å². The van der Waals surface area contributed by atoms with Crippen LogP contribution in [0.25, 0.3) is 21.3 Å². The number of methoxy groups -OCH3 is 1. The Morgan fingerprint density at radius 2 is 1.96 bits per heavy atom. The van der Waals surface area contributed by atoms with Crippen molar-refractivity contribution < 1.29 is 4.74 Å². The van der Waals surface area contributed by atoms with Crippen molar-refractivity contribution in [1.29, 1.82) is 0 Å². The predicted octanol–water partition coefficient (Wildman–Crippen LogP) is 2.92. The SMILES string of the molecule is COCc1nc(NCC2CN3CCN2CC3)c2c(-c3ccccc3)csc2n1. The van der Waals surface area contributed by atoms with E-state index in [1.165, 1.54) is 37.3 Å². The topological polar surface area (TPSA) is 53.5 Å². The first-order chi connectivity index (χ1) is 13.8. The highest BCUT2D eigenvalue weighted by atomic mass is 32.1. The molecule has 3 aliphatic heterocycles. The fraction of sp³-hybridized carbons (Fsp3) is 0.429. The molecule has 5 heterocycles. The molecule has 28 heavy (non-hydrogen) atoms. The summed E-state index contributed by atoms with van der Waals surface area (Å²) in [7, 11) is 1.69. The van der Waals surface area contributed by atoms with Crippen LogP contribution in [-0.4, -0.2) is 72.2 Å². The van der Waals surface area contributed by atoms with Crippen molar-refractivity contribution in [3.63, 3.8) is 0 Å². The van der Waals surface area contributed by atoms with Crippen molar-refractivity contribution in [1.82, 2.24) is 19.8 Å². The lowest BCUT2D eigenvalue weighted by atomic mass is 10.1. The summed E-state index contributed by atoms with van der Waals surface area (Å²) < 4.78 is 5.29. The zero-order valence-corrected chi connectivity index (χ0v) is 16.9. The summed E-state index contributed by atoms with van der Waals surface area (Å²) in [4.78, 5) is 15.7. The van der Waals surface area contributed by atoms with Crippen LogP contribution in [-0.2, 0) is 11.3 Å². The van der Waals surface area contributed by atoms with Crippen LogP contribution in [0.2, 0.25) is 0 Å².